The summed E-state index contributed by atoms with van der Waals surface area (Å²) >= 11 is 0. The molecule has 31 heavy (non-hydrogen) atoms. The van der Waals surface area contributed by atoms with Gasteiger partial charge in [0.1, 0.15) is 17.7 Å². The molecule has 7 nitrogen and oxygen atoms in total. The fraction of sp³-hybridized carbons (Fsp3) is 0.435. The van der Waals surface area contributed by atoms with Gasteiger partial charge in [0.2, 0.25) is 5.91 Å². The van der Waals surface area contributed by atoms with Crippen molar-refractivity contribution in [3.05, 3.63) is 59.5 Å². The van der Waals surface area contributed by atoms with Crippen molar-refractivity contribution in [3.8, 4) is 6.07 Å². The lowest BCUT2D eigenvalue weighted by atomic mass is 10.0. The van der Waals surface area contributed by atoms with E-state index < -0.39 is 6.17 Å². The van der Waals surface area contributed by atoms with E-state index in [9.17, 15) is 9.18 Å². The third-order valence-corrected chi connectivity index (χ3v) is 6.32. The number of piperazine rings is 1. The van der Waals surface area contributed by atoms with Crippen molar-refractivity contribution < 1.29 is 9.18 Å². The maximum absolute atomic E-state index is 13.0. The Kier molecular flexibility index (Phi) is 6.16. The van der Waals surface area contributed by atoms with Gasteiger partial charge in [-0.25, -0.2) is 9.37 Å². The monoisotopic (exact) mass is 422 g/mol. The van der Waals surface area contributed by atoms with Crippen LogP contribution >= 0.6 is 0 Å². The molecule has 2 fully saturated rings. The molecule has 4 atom stereocenters. The van der Waals surface area contributed by atoms with Crippen LogP contribution in [0, 0.1) is 23.1 Å². The molecule has 0 spiro atoms. The Morgan fingerprint density at radius 1 is 1.32 bits per heavy atom. The number of carbonyl (C=O) groups excluding carboxylic acids is 1. The summed E-state index contributed by atoms with van der Waals surface area (Å²) < 4.78 is 13.0. The number of hydrogen-bond acceptors (Lipinski definition) is 6. The standard InChI is InChI=1S/C23H27FN6O/c1-15-10-19-13-29(14-20(15)30(19)21-7-2-16(11-25)12-28-21)22(31)8-9-27-23(26)17-3-5-18(24)6-4-17/h2-7,12,15,19-20,23,27H,8-10,13-14,26H2,1H3/t15-,19?,20+,23+/m0/s1. The molecule has 3 N–H and O–H groups in total. The molecule has 1 aromatic heterocycles. The SMILES string of the molecule is C[C@H]1CC2CN(C(=O)CCN[C@@H](N)c3ccc(F)cc3)C[C@H]1N2c1ccc(C#N)cn1. The lowest BCUT2D eigenvalue weighted by molar-refractivity contribution is -0.132. The number of nitrogens with two attached hydrogens (primary N) is 1. The van der Waals surface area contributed by atoms with Crippen molar-refractivity contribution in [1.29, 1.82) is 5.26 Å². The summed E-state index contributed by atoms with van der Waals surface area (Å²) in [5.74, 6) is 1.14. The molecule has 0 aliphatic carbocycles. The highest BCUT2D eigenvalue weighted by molar-refractivity contribution is 5.77. The van der Waals surface area contributed by atoms with E-state index in [1.807, 2.05) is 11.0 Å². The van der Waals surface area contributed by atoms with Crippen molar-refractivity contribution in [3.63, 3.8) is 0 Å². The Hall–Kier alpha value is -3.02. The van der Waals surface area contributed by atoms with E-state index in [-0.39, 0.29) is 23.8 Å². The smallest absolute Gasteiger partial charge is 0.223 e. The number of anilines is 1. The summed E-state index contributed by atoms with van der Waals surface area (Å²) in [6.07, 6.45) is 2.54. The zero-order chi connectivity index (χ0) is 22.0. The van der Waals surface area contributed by atoms with E-state index in [0.29, 0.717) is 37.5 Å². The Labute approximate surface area is 181 Å². The second kappa shape index (κ2) is 9.00. The highest BCUT2D eigenvalue weighted by atomic mass is 19.1. The van der Waals surface area contributed by atoms with Gasteiger partial charge in [0.25, 0.3) is 0 Å². The highest BCUT2D eigenvalue weighted by Gasteiger charge is 2.45. The van der Waals surface area contributed by atoms with E-state index in [2.05, 4.69) is 28.2 Å². The van der Waals surface area contributed by atoms with E-state index >= 15 is 0 Å². The van der Waals surface area contributed by atoms with Crippen LogP contribution in [0.4, 0.5) is 10.2 Å². The predicted molar refractivity (Wildman–Crippen MR) is 115 cm³/mol. The van der Waals surface area contributed by atoms with Crippen molar-refractivity contribution in [2.45, 2.75) is 38.0 Å². The van der Waals surface area contributed by atoms with E-state index in [1.54, 1.807) is 24.4 Å². The van der Waals surface area contributed by atoms with Gasteiger partial charge in [-0.15, -0.1) is 0 Å². The molecule has 1 amide bonds. The maximum atomic E-state index is 13.0. The molecule has 0 saturated carbocycles. The summed E-state index contributed by atoms with van der Waals surface area (Å²) in [5, 5.41) is 12.1. The van der Waals surface area contributed by atoms with E-state index in [4.69, 9.17) is 11.0 Å². The molecular weight excluding hydrogens is 395 g/mol. The minimum Gasteiger partial charge on any atom is -0.347 e. The van der Waals surface area contributed by atoms with Crippen LogP contribution in [0.2, 0.25) is 0 Å². The van der Waals surface area contributed by atoms with Crippen LogP contribution in [0.5, 0.6) is 0 Å². The minimum absolute atomic E-state index is 0.107. The molecule has 2 saturated heterocycles. The largest absolute Gasteiger partial charge is 0.347 e. The summed E-state index contributed by atoms with van der Waals surface area (Å²) in [4.78, 5) is 21.6. The lowest BCUT2D eigenvalue weighted by Gasteiger charge is -2.42. The molecule has 4 rings (SSSR count). The third kappa shape index (κ3) is 4.53. The average molecular weight is 423 g/mol. The van der Waals surface area contributed by atoms with Crippen LogP contribution in [0.25, 0.3) is 0 Å². The van der Waals surface area contributed by atoms with E-state index in [1.165, 1.54) is 12.1 Å². The molecule has 1 aromatic carbocycles. The van der Waals surface area contributed by atoms with Crippen molar-refractivity contribution in [2.24, 2.45) is 11.7 Å². The van der Waals surface area contributed by atoms with Crippen molar-refractivity contribution >= 4 is 11.7 Å². The molecule has 2 aromatic rings. The zero-order valence-electron chi connectivity index (χ0n) is 17.5. The topological polar surface area (TPSA) is 98.3 Å². The quantitative estimate of drug-likeness (QED) is 0.693. The number of halogens is 1. The Balaban J connectivity index is 1.32. The molecule has 2 bridgehead atoms. The fourth-order valence-corrected chi connectivity index (χ4v) is 4.68. The van der Waals surface area contributed by atoms with Crippen LogP contribution in [0.15, 0.2) is 42.6 Å². The first kappa shape index (κ1) is 21.2. The van der Waals surface area contributed by atoms with Gasteiger partial charge in [-0.2, -0.15) is 5.26 Å². The molecule has 8 heteroatoms. The molecule has 2 aliphatic heterocycles. The van der Waals surface area contributed by atoms with Crippen molar-refractivity contribution in [2.75, 3.05) is 24.5 Å². The molecular formula is C23H27FN6O. The molecule has 3 heterocycles. The van der Waals surface area contributed by atoms with Gasteiger partial charge >= 0.3 is 0 Å². The number of pyridine rings is 1. The average Bonchev–Trinajstić information content (AvgIpc) is 2.98. The number of hydrogen-bond donors (Lipinski definition) is 2. The number of aromatic nitrogens is 1. The van der Waals surface area contributed by atoms with Crippen LogP contribution in [0.3, 0.4) is 0 Å². The van der Waals surface area contributed by atoms with Gasteiger partial charge in [-0.1, -0.05) is 19.1 Å². The molecule has 1 unspecified atom stereocenters. The number of likely N-dealkylation sites (tertiary alicyclic amines) is 1. The Bertz CT molecular complexity index is 958. The second-order valence-corrected chi connectivity index (χ2v) is 8.39. The second-order valence-electron chi connectivity index (χ2n) is 8.39. The zero-order valence-corrected chi connectivity index (χ0v) is 17.5. The van der Waals surface area contributed by atoms with Crippen molar-refractivity contribution in [1.82, 2.24) is 15.2 Å². The number of fused-ring (bicyclic) bond motifs is 2. The number of benzene rings is 1. The van der Waals surface area contributed by atoms with E-state index in [0.717, 1.165) is 17.8 Å². The third-order valence-electron chi connectivity index (χ3n) is 6.32. The number of carbonyl (C=O) groups is 1. The minimum atomic E-state index is -0.441. The molecule has 0 radical (unpaired) electrons. The van der Waals surface area contributed by atoms with Crippen LogP contribution in [-0.2, 0) is 4.79 Å². The van der Waals surface area contributed by atoms with Gasteiger partial charge in [0, 0.05) is 38.3 Å². The van der Waals surface area contributed by atoms with Crippen LogP contribution in [-0.4, -0.2) is 47.5 Å². The Morgan fingerprint density at radius 2 is 2.10 bits per heavy atom. The number of nitrogens with zero attached hydrogens (tertiary/aromatic N) is 4. The number of nitrogens with one attached hydrogen (secondary N) is 1. The highest BCUT2D eigenvalue weighted by Crippen LogP contribution is 2.37. The summed E-state index contributed by atoms with van der Waals surface area (Å²) in [7, 11) is 0. The predicted octanol–water partition coefficient (Wildman–Crippen LogP) is 2.16. The van der Waals surface area contributed by atoms with Gasteiger partial charge < -0.3 is 15.5 Å². The van der Waals surface area contributed by atoms with Gasteiger partial charge in [-0.05, 0) is 42.2 Å². The van der Waals surface area contributed by atoms with Gasteiger partial charge in [0.05, 0.1) is 17.8 Å². The van der Waals surface area contributed by atoms with Crippen LogP contribution < -0.4 is 16.0 Å². The van der Waals surface area contributed by atoms with Gasteiger partial charge in [0.15, 0.2) is 0 Å². The summed E-state index contributed by atoms with van der Waals surface area (Å²) in [6, 6.07) is 12.3. The van der Waals surface area contributed by atoms with Crippen LogP contribution in [0.1, 0.15) is 37.1 Å². The first-order valence-corrected chi connectivity index (χ1v) is 10.6. The Morgan fingerprint density at radius 3 is 2.74 bits per heavy atom. The normalized spacial score (nSPS) is 23.5. The summed E-state index contributed by atoms with van der Waals surface area (Å²) in [6.45, 7) is 4.02. The number of amides is 1. The fourth-order valence-electron chi connectivity index (χ4n) is 4.68. The number of rotatable bonds is 6. The number of nitriles is 1. The molecule has 2 aliphatic rings. The van der Waals surface area contributed by atoms with Gasteiger partial charge in [-0.3, -0.25) is 10.1 Å². The lowest BCUT2D eigenvalue weighted by Crippen LogP contribution is -2.56. The maximum Gasteiger partial charge on any atom is 0.223 e. The summed E-state index contributed by atoms with van der Waals surface area (Å²) in [5.41, 5.74) is 7.42. The first-order chi connectivity index (χ1) is 15.0. The molecule has 162 valence electrons. The first-order valence-electron chi connectivity index (χ1n) is 10.6.